The predicted octanol–water partition coefficient (Wildman–Crippen LogP) is 3.45. The van der Waals surface area contributed by atoms with Crippen LogP contribution in [0.3, 0.4) is 0 Å². The highest BCUT2D eigenvalue weighted by Gasteiger charge is 2.14. The number of Topliss-reactive ketones (excluding diaryl/α,β-unsaturated/α-hetero) is 1. The minimum atomic E-state index is -3.53. The molecule has 0 amide bonds. The summed E-state index contributed by atoms with van der Waals surface area (Å²) in [4.78, 5) is 11.4. The van der Waals surface area contributed by atoms with Gasteiger partial charge in [-0.3, -0.25) is 9.52 Å². The molecule has 5 heteroatoms. The molecule has 2 aromatic carbocycles. The highest BCUT2D eigenvalue weighted by Crippen LogP contribution is 2.20. The van der Waals surface area contributed by atoms with Crippen molar-refractivity contribution in [2.24, 2.45) is 0 Å². The van der Waals surface area contributed by atoms with Crippen molar-refractivity contribution in [1.82, 2.24) is 0 Å². The molecule has 0 bridgehead atoms. The molecular formula is C17H19NO3S. The van der Waals surface area contributed by atoms with Crippen molar-refractivity contribution in [3.8, 4) is 0 Å². The molecule has 2 aromatic rings. The number of nitrogens with one attached hydrogen (secondary N) is 1. The molecular weight excluding hydrogens is 298 g/mol. The number of aryl methyl sites for hydroxylation is 2. The Bertz CT molecular complexity index is 793. The summed E-state index contributed by atoms with van der Waals surface area (Å²) in [5.41, 5.74) is 3.51. The van der Waals surface area contributed by atoms with Crippen LogP contribution in [0.4, 0.5) is 5.69 Å². The van der Waals surface area contributed by atoms with Gasteiger partial charge in [0.05, 0.1) is 11.4 Å². The van der Waals surface area contributed by atoms with Crippen molar-refractivity contribution in [2.45, 2.75) is 26.5 Å². The maximum Gasteiger partial charge on any atom is 0.236 e. The standard InChI is InChI=1S/C17H19NO3S/c1-12-4-7-15(8-5-12)11-22(20,21)18-17-10-16(14(3)19)9-6-13(17)2/h4-10,18H,11H2,1-3H3. The van der Waals surface area contributed by atoms with Gasteiger partial charge in [0.1, 0.15) is 0 Å². The first-order valence-corrected chi connectivity index (χ1v) is 8.60. The summed E-state index contributed by atoms with van der Waals surface area (Å²) in [7, 11) is -3.53. The fraction of sp³-hybridized carbons (Fsp3) is 0.235. The van der Waals surface area contributed by atoms with Gasteiger partial charge in [-0.2, -0.15) is 0 Å². The SMILES string of the molecule is CC(=O)c1ccc(C)c(NS(=O)(=O)Cc2ccc(C)cc2)c1. The zero-order valence-electron chi connectivity index (χ0n) is 12.9. The van der Waals surface area contributed by atoms with Gasteiger partial charge in [0.2, 0.25) is 10.0 Å². The number of carbonyl (C=O) groups excluding carboxylic acids is 1. The molecule has 116 valence electrons. The summed E-state index contributed by atoms with van der Waals surface area (Å²) in [5, 5.41) is 0. The Morgan fingerprint density at radius 1 is 1.05 bits per heavy atom. The molecule has 0 aliphatic carbocycles. The van der Waals surface area contributed by atoms with Crippen LogP contribution in [0.5, 0.6) is 0 Å². The summed E-state index contributed by atoms with van der Waals surface area (Å²) < 4.78 is 27.1. The lowest BCUT2D eigenvalue weighted by Crippen LogP contribution is -2.16. The molecule has 0 saturated heterocycles. The van der Waals surface area contributed by atoms with Gasteiger partial charge in [0.25, 0.3) is 0 Å². The molecule has 0 fully saturated rings. The Morgan fingerprint density at radius 2 is 1.68 bits per heavy atom. The quantitative estimate of drug-likeness (QED) is 0.859. The molecule has 0 atom stereocenters. The lowest BCUT2D eigenvalue weighted by molar-refractivity contribution is 0.101. The van der Waals surface area contributed by atoms with Crippen LogP contribution in [0.15, 0.2) is 42.5 Å². The van der Waals surface area contributed by atoms with Crippen LogP contribution in [0, 0.1) is 13.8 Å². The number of rotatable bonds is 5. The average Bonchev–Trinajstić information content (AvgIpc) is 2.43. The third-order valence-electron chi connectivity index (χ3n) is 3.39. The third-order valence-corrected chi connectivity index (χ3v) is 4.63. The first-order chi connectivity index (χ1) is 10.3. The van der Waals surface area contributed by atoms with E-state index in [-0.39, 0.29) is 11.5 Å². The fourth-order valence-corrected chi connectivity index (χ4v) is 3.32. The molecule has 1 N–H and O–H groups in total. The molecule has 0 aliphatic heterocycles. The van der Waals surface area contributed by atoms with E-state index < -0.39 is 10.0 Å². The van der Waals surface area contributed by atoms with Crippen molar-refractivity contribution in [3.05, 3.63) is 64.7 Å². The summed E-state index contributed by atoms with van der Waals surface area (Å²) in [6, 6.07) is 12.4. The Balaban J connectivity index is 2.23. The molecule has 2 rings (SSSR count). The van der Waals surface area contributed by atoms with Crippen molar-refractivity contribution in [2.75, 3.05) is 4.72 Å². The van der Waals surface area contributed by atoms with Crippen molar-refractivity contribution < 1.29 is 13.2 Å². The number of hydrogen-bond donors (Lipinski definition) is 1. The fourth-order valence-electron chi connectivity index (χ4n) is 2.06. The predicted molar refractivity (Wildman–Crippen MR) is 88.6 cm³/mol. The van der Waals surface area contributed by atoms with Gasteiger partial charge in [-0.25, -0.2) is 8.42 Å². The molecule has 0 radical (unpaired) electrons. The van der Waals surface area contributed by atoms with E-state index in [2.05, 4.69) is 4.72 Å². The minimum Gasteiger partial charge on any atom is -0.295 e. The van der Waals surface area contributed by atoms with E-state index >= 15 is 0 Å². The van der Waals surface area contributed by atoms with Gasteiger partial charge < -0.3 is 0 Å². The van der Waals surface area contributed by atoms with Crippen LogP contribution in [0.25, 0.3) is 0 Å². The summed E-state index contributed by atoms with van der Waals surface area (Å²) >= 11 is 0. The first-order valence-electron chi connectivity index (χ1n) is 6.94. The summed E-state index contributed by atoms with van der Waals surface area (Å²) in [5.74, 6) is -0.198. The number of anilines is 1. The molecule has 0 aliphatic rings. The number of carbonyl (C=O) groups is 1. The second-order valence-corrected chi connectivity index (χ2v) is 7.15. The third kappa shape index (κ3) is 4.18. The number of benzene rings is 2. The molecule has 0 spiro atoms. The Hall–Kier alpha value is -2.14. The van der Waals surface area contributed by atoms with Crippen LogP contribution in [-0.2, 0) is 15.8 Å². The van der Waals surface area contributed by atoms with E-state index in [0.717, 1.165) is 16.7 Å². The van der Waals surface area contributed by atoms with Crippen LogP contribution in [0.2, 0.25) is 0 Å². The van der Waals surface area contributed by atoms with Crippen molar-refractivity contribution >= 4 is 21.5 Å². The Morgan fingerprint density at radius 3 is 2.27 bits per heavy atom. The van der Waals surface area contributed by atoms with E-state index in [0.29, 0.717) is 11.3 Å². The normalized spacial score (nSPS) is 11.2. The van der Waals surface area contributed by atoms with Gasteiger partial charge in [-0.1, -0.05) is 42.0 Å². The van der Waals surface area contributed by atoms with Crippen LogP contribution in [0.1, 0.15) is 34.0 Å². The largest absolute Gasteiger partial charge is 0.295 e. The lowest BCUT2D eigenvalue weighted by atomic mass is 10.1. The number of sulfonamides is 1. The summed E-state index contributed by atoms with van der Waals surface area (Å²) in [6.45, 7) is 5.20. The first kappa shape index (κ1) is 16.2. The summed E-state index contributed by atoms with van der Waals surface area (Å²) in [6.07, 6.45) is 0. The molecule has 0 saturated carbocycles. The van der Waals surface area contributed by atoms with Crippen molar-refractivity contribution in [3.63, 3.8) is 0 Å². The number of ketones is 1. The highest BCUT2D eigenvalue weighted by atomic mass is 32.2. The number of hydrogen-bond acceptors (Lipinski definition) is 3. The van der Waals surface area contributed by atoms with E-state index in [9.17, 15) is 13.2 Å². The van der Waals surface area contributed by atoms with Crippen LogP contribution in [-0.4, -0.2) is 14.2 Å². The zero-order valence-corrected chi connectivity index (χ0v) is 13.7. The Kier molecular flexibility index (Phi) is 4.66. The monoisotopic (exact) mass is 317 g/mol. The topological polar surface area (TPSA) is 63.2 Å². The minimum absolute atomic E-state index is 0.0982. The maximum absolute atomic E-state index is 12.3. The maximum atomic E-state index is 12.3. The van der Waals surface area contributed by atoms with Gasteiger partial charge in [0, 0.05) is 5.56 Å². The second kappa shape index (κ2) is 6.32. The lowest BCUT2D eigenvalue weighted by Gasteiger charge is -2.12. The molecule has 0 unspecified atom stereocenters. The van der Waals surface area contributed by atoms with Gasteiger partial charge >= 0.3 is 0 Å². The molecule has 0 aromatic heterocycles. The second-order valence-electron chi connectivity index (χ2n) is 5.43. The van der Waals surface area contributed by atoms with E-state index in [4.69, 9.17) is 0 Å². The van der Waals surface area contributed by atoms with Crippen molar-refractivity contribution in [1.29, 1.82) is 0 Å². The van der Waals surface area contributed by atoms with Crippen LogP contribution >= 0.6 is 0 Å². The van der Waals surface area contributed by atoms with E-state index in [1.165, 1.54) is 6.92 Å². The van der Waals surface area contributed by atoms with E-state index in [1.807, 2.05) is 19.1 Å². The van der Waals surface area contributed by atoms with Gasteiger partial charge in [0.15, 0.2) is 5.78 Å². The van der Waals surface area contributed by atoms with Crippen LogP contribution < -0.4 is 4.72 Å². The van der Waals surface area contributed by atoms with Gasteiger partial charge in [-0.15, -0.1) is 0 Å². The zero-order chi connectivity index (χ0) is 16.3. The molecule has 4 nitrogen and oxygen atoms in total. The molecule has 22 heavy (non-hydrogen) atoms. The molecule has 0 heterocycles. The smallest absolute Gasteiger partial charge is 0.236 e. The van der Waals surface area contributed by atoms with E-state index in [1.54, 1.807) is 37.3 Å². The van der Waals surface area contributed by atoms with Gasteiger partial charge in [-0.05, 0) is 38.0 Å². The average molecular weight is 317 g/mol. The highest BCUT2D eigenvalue weighted by molar-refractivity contribution is 7.91. The Labute approximate surface area is 131 Å².